The van der Waals surface area contributed by atoms with Crippen LogP contribution in [0.2, 0.25) is 0 Å². The number of rotatable bonds is 3. The number of aliphatic hydroxyl groups excluding tert-OH is 3. The summed E-state index contributed by atoms with van der Waals surface area (Å²) in [4.78, 5) is 0. The Morgan fingerprint density at radius 1 is 1.09 bits per heavy atom. The molecule has 0 unspecified atom stereocenters. The van der Waals surface area contributed by atoms with E-state index in [9.17, 15) is 0 Å². The van der Waals surface area contributed by atoms with Crippen molar-refractivity contribution in [3.8, 4) is 0 Å². The van der Waals surface area contributed by atoms with Crippen molar-refractivity contribution in [1.29, 1.82) is 0 Å². The number of aliphatic hydroxyl groups is 3. The van der Waals surface area contributed by atoms with E-state index in [0.717, 1.165) is 6.54 Å². The molecule has 7 N–H and O–H groups in total. The lowest BCUT2D eigenvalue weighted by Crippen LogP contribution is -2.50. The van der Waals surface area contributed by atoms with Crippen LogP contribution >= 0.6 is 0 Å². The van der Waals surface area contributed by atoms with Crippen molar-refractivity contribution in [2.45, 2.75) is 12.5 Å². The molecule has 0 fully saturated rings. The zero-order valence-corrected chi connectivity index (χ0v) is 6.82. The summed E-state index contributed by atoms with van der Waals surface area (Å²) in [5, 5.41) is 25.0. The molecule has 0 radical (unpaired) electrons. The van der Waals surface area contributed by atoms with Gasteiger partial charge in [-0.1, -0.05) is 6.92 Å². The van der Waals surface area contributed by atoms with Crippen LogP contribution in [0.15, 0.2) is 0 Å². The normalized spacial score (nSPS) is 10.4. The summed E-state index contributed by atoms with van der Waals surface area (Å²) in [7, 11) is 0. The van der Waals surface area contributed by atoms with E-state index < -0.39 is 25.4 Å². The highest BCUT2D eigenvalue weighted by Gasteiger charge is 2.20. The molecule has 5 heteroatoms. The van der Waals surface area contributed by atoms with Gasteiger partial charge in [0.25, 0.3) is 0 Å². The van der Waals surface area contributed by atoms with Gasteiger partial charge in [-0.2, -0.15) is 0 Å². The Labute approximate surface area is 66.6 Å². The maximum atomic E-state index is 8.34. The lowest BCUT2D eigenvalue weighted by molar-refractivity contribution is 0.0698. The standard InChI is InChI=1S/C4H11NO3.C2H7N/c5-4(1-6,2-7)3-8;1-2-3/h6-8H,1-3,5H2;2-3H2,1H3. The monoisotopic (exact) mass is 166 g/mol. The predicted octanol–water partition coefficient (Wildman–Crippen LogP) is -2.37. The van der Waals surface area contributed by atoms with Crippen LogP contribution in [0.1, 0.15) is 6.92 Å². The zero-order valence-electron chi connectivity index (χ0n) is 6.82. The van der Waals surface area contributed by atoms with E-state index in [1.165, 1.54) is 0 Å². The van der Waals surface area contributed by atoms with E-state index in [1.54, 1.807) is 0 Å². The van der Waals surface area contributed by atoms with Gasteiger partial charge in [-0.05, 0) is 6.54 Å². The van der Waals surface area contributed by atoms with Crippen LogP contribution in [0.3, 0.4) is 0 Å². The third-order valence-corrected chi connectivity index (χ3v) is 0.945. The highest BCUT2D eigenvalue weighted by molar-refractivity contribution is 4.80. The molecule has 0 spiro atoms. The molecule has 0 atom stereocenters. The molecule has 0 heterocycles. The van der Waals surface area contributed by atoms with Crippen molar-refractivity contribution in [3.63, 3.8) is 0 Å². The maximum absolute atomic E-state index is 8.34. The average molecular weight is 166 g/mol. The first-order valence-corrected chi connectivity index (χ1v) is 3.41. The van der Waals surface area contributed by atoms with Crippen LogP contribution < -0.4 is 11.5 Å². The van der Waals surface area contributed by atoms with Crippen LogP contribution in [0.5, 0.6) is 0 Å². The molecular weight excluding hydrogens is 148 g/mol. The fourth-order valence-corrected chi connectivity index (χ4v) is 0.150. The second kappa shape index (κ2) is 7.90. The summed E-state index contributed by atoms with van der Waals surface area (Å²) in [6.07, 6.45) is 0. The molecule has 0 aliphatic rings. The molecule has 0 aliphatic heterocycles. The number of nitrogens with two attached hydrogens (primary N) is 2. The highest BCUT2D eigenvalue weighted by atomic mass is 16.3. The molecular formula is C6H18N2O3. The third-order valence-electron chi connectivity index (χ3n) is 0.945. The van der Waals surface area contributed by atoms with Crippen LogP contribution in [-0.4, -0.2) is 47.2 Å². The third kappa shape index (κ3) is 7.70. The molecule has 11 heavy (non-hydrogen) atoms. The summed E-state index contributed by atoms with van der Waals surface area (Å²) in [5.74, 6) is 0. The Balaban J connectivity index is 0. The van der Waals surface area contributed by atoms with Gasteiger partial charge >= 0.3 is 0 Å². The molecule has 0 saturated heterocycles. The minimum absolute atomic E-state index is 0.403. The second-order valence-corrected chi connectivity index (χ2v) is 2.24. The van der Waals surface area contributed by atoms with Crippen LogP contribution in [0, 0.1) is 0 Å². The molecule has 0 amide bonds. The largest absolute Gasteiger partial charge is 0.394 e. The van der Waals surface area contributed by atoms with Crippen molar-refractivity contribution in [2.24, 2.45) is 11.5 Å². The van der Waals surface area contributed by atoms with Gasteiger partial charge in [0.1, 0.15) is 0 Å². The molecule has 0 aromatic rings. The summed E-state index contributed by atoms with van der Waals surface area (Å²) >= 11 is 0. The van der Waals surface area contributed by atoms with Crippen LogP contribution in [-0.2, 0) is 0 Å². The fraction of sp³-hybridized carbons (Fsp3) is 1.00. The number of hydrogen-bond donors (Lipinski definition) is 5. The van der Waals surface area contributed by atoms with Crippen molar-refractivity contribution >= 4 is 0 Å². The minimum Gasteiger partial charge on any atom is -0.394 e. The lowest BCUT2D eigenvalue weighted by atomic mass is 10.1. The van der Waals surface area contributed by atoms with Crippen molar-refractivity contribution in [1.82, 2.24) is 0 Å². The minimum atomic E-state index is -1.21. The van der Waals surface area contributed by atoms with Gasteiger partial charge in [-0.3, -0.25) is 0 Å². The molecule has 5 nitrogen and oxygen atoms in total. The quantitative estimate of drug-likeness (QED) is 0.321. The van der Waals surface area contributed by atoms with E-state index in [0.29, 0.717) is 0 Å². The summed E-state index contributed by atoms with van der Waals surface area (Å²) < 4.78 is 0. The van der Waals surface area contributed by atoms with E-state index in [4.69, 9.17) is 26.8 Å². The molecule has 0 rings (SSSR count). The summed E-state index contributed by atoms with van der Waals surface area (Å²) in [5.41, 5.74) is 8.78. The Morgan fingerprint density at radius 3 is 1.27 bits per heavy atom. The van der Waals surface area contributed by atoms with Gasteiger partial charge in [0.05, 0.1) is 25.4 Å². The fourth-order valence-electron chi connectivity index (χ4n) is 0.150. The van der Waals surface area contributed by atoms with E-state index in [2.05, 4.69) is 0 Å². The number of hydrogen-bond acceptors (Lipinski definition) is 5. The Hall–Kier alpha value is -0.200. The topological polar surface area (TPSA) is 113 Å². The SMILES string of the molecule is CCN.NC(CO)(CO)CO. The van der Waals surface area contributed by atoms with E-state index in [1.807, 2.05) is 6.92 Å². The first-order valence-electron chi connectivity index (χ1n) is 3.41. The Bertz CT molecular complexity index is 68.0. The van der Waals surface area contributed by atoms with Crippen LogP contribution in [0.25, 0.3) is 0 Å². The molecule has 0 aromatic carbocycles. The predicted molar refractivity (Wildman–Crippen MR) is 42.9 cm³/mol. The molecule has 70 valence electrons. The molecule has 0 bridgehead atoms. The average Bonchev–Trinajstić information content (AvgIpc) is 2.05. The molecule has 0 aliphatic carbocycles. The smallest absolute Gasteiger partial charge is 0.0856 e. The van der Waals surface area contributed by atoms with Gasteiger partial charge in [-0.15, -0.1) is 0 Å². The van der Waals surface area contributed by atoms with Crippen molar-refractivity contribution in [3.05, 3.63) is 0 Å². The van der Waals surface area contributed by atoms with Gasteiger partial charge < -0.3 is 26.8 Å². The Kier molecular flexibility index (Phi) is 9.62. The first kappa shape index (κ1) is 13.4. The maximum Gasteiger partial charge on any atom is 0.0856 e. The zero-order chi connectivity index (χ0) is 9.33. The summed E-state index contributed by atoms with van der Waals surface area (Å²) in [6.45, 7) is 1.44. The van der Waals surface area contributed by atoms with Gasteiger partial charge in [0.15, 0.2) is 0 Å². The second-order valence-electron chi connectivity index (χ2n) is 2.24. The summed E-state index contributed by atoms with van der Waals surface area (Å²) in [6, 6.07) is 0. The highest BCUT2D eigenvalue weighted by Crippen LogP contribution is 1.93. The van der Waals surface area contributed by atoms with Gasteiger partial charge in [-0.25, -0.2) is 0 Å². The van der Waals surface area contributed by atoms with Gasteiger partial charge in [0, 0.05) is 0 Å². The van der Waals surface area contributed by atoms with E-state index in [-0.39, 0.29) is 0 Å². The van der Waals surface area contributed by atoms with Crippen molar-refractivity contribution in [2.75, 3.05) is 26.4 Å². The van der Waals surface area contributed by atoms with Crippen molar-refractivity contribution < 1.29 is 15.3 Å². The molecule has 0 saturated carbocycles. The van der Waals surface area contributed by atoms with Crippen LogP contribution in [0.4, 0.5) is 0 Å². The first-order chi connectivity index (χ1) is 5.10. The lowest BCUT2D eigenvalue weighted by Gasteiger charge is -2.20. The van der Waals surface area contributed by atoms with E-state index >= 15 is 0 Å². The van der Waals surface area contributed by atoms with Gasteiger partial charge in [0.2, 0.25) is 0 Å². The Morgan fingerprint density at radius 2 is 1.27 bits per heavy atom. The molecule has 0 aromatic heterocycles.